The number of aromatic nitrogens is 1. The highest BCUT2D eigenvalue weighted by atomic mass is 16.6. The molecule has 0 aliphatic carbocycles. The second-order valence-electron chi connectivity index (χ2n) is 4.69. The molecule has 5 nitrogen and oxygen atoms in total. The molecule has 0 N–H and O–H groups in total. The normalized spacial score (nSPS) is 9.77. The van der Waals surface area contributed by atoms with E-state index in [0.717, 1.165) is 11.3 Å². The SMILES string of the molecule is N#CCCN(Cc1ccccn1)C(=O)OCc1ccccc1. The number of carbonyl (C=O) groups is 1. The van der Waals surface area contributed by atoms with Crippen molar-refractivity contribution in [2.75, 3.05) is 6.54 Å². The van der Waals surface area contributed by atoms with E-state index in [1.54, 1.807) is 6.20 Å². The third-order valence-corrected chi connectivity index (χ3v) is 3.04. The van der Waals surface area contributed by atoms with Gasteiger partial charge in [-0.05, 0) is 17.7 Å². The van der Waals surface area contributed by atoms with Crippen LogP contribution in [0.3, 0.4) is 0 Å². The van der Waals surface area contributed by atoms with Crippen molar-refractivity contribution >= 4 is 6.09 Å². The fourth-order valence-electron chi connectivity index (χ4n) is 1.92. The van der Waals surface area contributed by atoms with Crippen LogP contribution >= 0.6 is 0 Å². The van der Waals surface area contributed by atoms with E-state index in [9.17, 15) is 4.79 Å². The molecule has 0 bridgehead atoms. The Kier molecular flexibility index (Phi) is 5.94. The molecule has 0 unspecified atom stereocenters. The molecular formula is C17H17N3O2. The minimum atomic E-state index is -0.440. The van der Waals surface area contributed by atoms with Crippen molar-refractivity contribution in [2.24, 2.45) is 0 Å². The smallest absolute Gasteiger partial charge is 0.410 e. The standard InChI is InChI=1S/C17H17N3O2/c18-10-6-12-20(13-16-9-4-5-11-19-16)17(21)22-14-15-7-2-1-3-8-15/h1-5,7-9,11H,6,12-14H2. The number of amides is 1. The Morgan fingerprint density at radius 1 is 1.18 bits per heavy atom. The zero-order chi connectivity index (χ0) is 15.6. The van der Waals surface area contributed by atoms with Crippen molar-refractivity contribution in [3.05, 3.63) is 66.0 Å². The first-order valence-corrected chi connectivity index (χ1v) is 7.02. The summed E-state index contributed by atoms with van der Waals surface area (Å²) in [6.07, 6.45) is 1.49. The average molecular weight is 295 g/mol. The van der Waals surface area contributed by atoms with Crippen LogP contribution in [0.2, 0.25) is 0 Å². The van der Waals surface area contributed by atoms with Crippen molar-refractivity contribution in [2.45, 2.75) is 19.6 Å². The quantitative estimate of drug-likeness (QED) is 0.821. The number of nitrogens with zero attached hydrogens (tertiary/aromatic N) is 3. The molecule has 1 aromatic carbocycles. The molecule has 112 valence electrons. The van der Waals surface area contributed by atoms with E-state index in [-0.39, 0.29) is 13.0 Å². The van der Waals surface area contributed by atoms with Crippen LogP contribution in [0.5, 0.6) is 0 Å². The van der Waals surface area contributed by atoms with Gasteiger partial charge in [-0.3, -0.25) is 4.98 Å². The first kappa shape index (κ1) is 15.5. The summed E-state index contributed by atoms with van der Waals surface area (Å²) in [6, 6.07) is 17.0. The molecule has 5 heteroatoms. The van der Waals surface area contributed by atoms with Gasteiger partial charge >= 0.3 is 6.09 Å². The third-order valence-electron chi connectivity index (χ3n) is 3.04. The van der Waals surface area contributed by atoms with E-state index in [1.807, 2.05) is 54.6 Å². The van der Waals surface area contributed by atoms with E-state index in [0.29, 0.717) is 13.1 Å². The molecule has 0 atom stereocenters. The van der Waals surface area contributed by atoms with Gasteiger partial charge in [-0.1, -0.05) is 36.4 Å². The number of rotatable bonds is 6. The number of carbonyl (C=O) groups excluding carboxylic acids is 1. The van der Waals surface area contributed by atoms with Gasteiger partial charge in [-0.2, -0.15) is 5.26 Å². The van der Waals surface area contributed by atoms with Gasteiger partial charge in [0.15, 0.2) is 0 Å². The Morgan fingerprint density at radius 3 is 2.64 bits per heavy atom. The van der Waals surface area contributed by atoms with Crippen molar-refractivity contribution in [3.63, 3.8) is 0 Å². The lowest BCUT2D eigenvalue weighted by molar-refractivity contribution is 0.0940. The van der Waals surface area contributed by atoms with Crippen LogP contribution in [0, 0.1) is 11.3 Å². The Hall–Kier alpha value is -2.87. The van der Waals surface area contributed by atoms with Gasteiger partial charge in [-0.15, -0.1) is 0 Å². The summed E-state index contributed by atoms with van der Waals surface area (Å²) in [6.45, 7) is 0.863. The van der Waals surface area contributed by atoms with Gasteiger partial charge < -0.3 is 9.64 Å². The minimum Gasteiger partial charge on any atom is -0.445 e. The molecule has 0 aliphatic heterocycles. The Morgan fingerprint density at radius 2 is 1.95 bits per heavy atom. The highest BCUT2D eigenvalue weighted by molar-refractivity contribution is 5.67. The highest BCUT2D eigenvalue weighted by Gasteiger charge is 2.15. The van der Waals surface area contributed by atoms with Gasteiger partial charge in [0.1, 0.15) is 6.61 Å². The summed E-state index contributed by atoms with van der Waals surface area (Å²) in [5.74, 6) is 0. The topological polar surface area (TPSA) is 66.2 Å². The zero-order valence-corrected chi connectivity index (χ0v) is 12.2. The highest BCUT2D eigenvalue weighted by Crippen LogP contribution is 2.07. The maximum absolute atomic E-state index is 12.2. The first-order valence-electron chi connectivity index (χ1n) is 7.02. The van der Waals surface area contributed by atoms with Crippen LogP contribution in [-0.4, -0.2) is 22.5 Å². The molecule has 0 radical (unpaired) electrons. The van der Waals surface area contributed by atoms with E-state index in [2.05, 4.69) is 4.98 Å². The van der Waals surface area contributed by atoms with Crippen LogP contribution in [0.4, 0.5) is 4.79 Å². The van der Waals surface area contributed by atoms with E-state index >= 15 is 0 Å². The maximum Gasteiger partial charge on any atom is 0.410 e. The predicted octanol–water partition coefficient (Wildman–Crippen LogP) is 3.13. The summed E-state index contributed by atoms with van der Waals surface area (Å²) in [5.41, 5.74) is 1.69. The molecular weight excluding hydrogens is 278 g/mol. The summed E-state index contributed by atoms with van der Waals surface area (Å²) >= 11 is 0. The second-order valence-corrected chi connectivity index (χ2v) is 4.69. The fraction of sp³-hybridized carbons (Fsp3) is 0.235. The second kappa shape index (κ2) is 8.42. The van der Waals surface area contributed by atoms with Gasteiger partial charge in [0.25, 0.3) is 0 Å². The zero-order valence-electron chi connectivity index (χ0n) is 12.2. The Labute approximate surface area is 129 Å². The summed E-state index contributed by atoms with van der Waals surface area (Å²) in [7, 11) is 0. The fourth-order valence-corrected chi connectivity index (χ4v) is 1.92. The van der Waals surface area contributed by atoms with Crippen molar-refractivity contribution in [1.82, 2.24) is 9.88 Å². The molecule has 2 rings (SSSR count). The molecule has 0 spiro atoms. The average Bonchev–Trinajstić information content (AvgIpc) is 2.58. The van der Waals surface area contributed by atoms with Crippen molar-refractivity contribution in [3.8, 4) is 6.07 Å². The van der Waals surface area contributed by atoms with Crippen LogP contribution in [-0.2, 0) is 17.9 Å². The van der Waals surface area contributed by atoms with Crippen LogP contribution in [0.1, 0.15) is 17.7 Å². The lowest BCUT2D eigenvalue weighted by atomic mass is 10.2. The molecule has 22 heavy (non-hydrogen) atoms. The lowest BCUT2D eigenvalue weighted by Crippen LogP contribution is -2.32. The molecule has 1 heterocycles. The molecule has 0 saturated heterocycles. The Bertz CT molecular complexity index is 623. The lowest BCUT2D eigenvalue weighted by Gasteiger charge is -2.20. The van der Waals surface area contributed by atoms with E-state index in [1.165, 1.54) is 4.90 Å². The van der Waals surface area contributed by atoms with Crippen LogP contribution in [0.15, 0.2) is 54.7 Å². The largest absolute Gasteiger partial charge is 0.445 e. The Balaban J connectivity index is 1.95. The van der Waals surface area contributed by atoms with Gasteiger partial charge in [0, 0.05) is 12.7 Å². The first-order chi connectivity index (χ1) is 10.8. The molecule has 0 saturated carbocycles. The van der Waals surface area contributed by atoms with E-state index < -0.39 is 6.09 Å². The van der Waals surface area contributed by atoms with E-state index in [4.69, 9.17) is 10.00 Å². The van der Waals surface area contributed by atoms with Gasteiger partial charge in [0.05, 0.1) is 24.7 Å². The number of benzene rings is 1. The molecule has 2 aromatic rings. The summed E-state index contributed by atoms with van der Waals surface area (Å²) in [5, 5.41) is 8.73. The number of nitriles is 1. The van der Waals surface area contributed by atoms with Crippen molar-refractivity contribution in [1.29, 1.82) is 5.26 Å². The number of pyridine rings is 1. The van der Waals surface area contributed by atoms with Crippen molar-refractivity contribution < 1.29 is 9.53 Å². The van der Waals surface area contributed by atoms with Gasteiger partial charge in [-0.25, -0.2) is 4.79 Å². The minimum absolute atomic E-state index is 0.213. The monoisotopic (exact) mass is 295 g/mol. The number of hydrogen-bond acceptors (Lipinski definition) is 4. The van der Waals surface area contributed by atoms with Crippen LogP contribution < -0.4 is 0 Å². The molecule has 1 aromatic heterocycles. The molecule has 1 amide bonds. The third kappa shape index (κ3) is 4.91. The summed E-state index contributed by atoms with van der Waals surface area (Å²) < 4.78 is 5.31. The maximum atomic E-state index is 12.2. The molecule has 0 fully saturated rings. The summed E-state index contributed by atoms with van der Waals surface area (Å²) in [4.78, 5) is 17.9. The van der Waals surface area contributed by atoms with Gasteiger partial charge in [0.2, 0.25) is 0 Å². The number of ether oxygens (including phenoxy) is 1. The number of hydrogen-bond donors (Lipinski definition) is 0. The predicted molar refractivity (Wildman–Crippen MR) is 81.5 cm³/mol. The van der Waals surface area contributed by atoms with Crippen LogP contribution in [0.25, 0.3) is 0 Å². The molecule has 0 aliphatic rings.